The van der Waals surface area contributed by atoms with Gasteiger partial charge in [-0.05, 0) is 12.2 Å². The molecule has 0 radical (unpaired) electrons. The minimum Gasteiger partial charge on any atom is -0.330 e. The van der Waals surface area contributed by atoms with E-state index in [2.05, 4.69) is 23.5 Å². The Morgan fingerprint density at radius 1 is 1.37 bits per heavy atom. The van der Waals surface area contributed by atoms with Gasteiger partial charge in [0.2, 0.25) is 0 Å². The van der Waals surface area contributed by atoms with Crippen molar-refractivity contribution >= 4 is 5.91 Å². The maximum Gasteiger partial charge on any atom is 0.273 e. The van der Waals surface area contributed by atoms with E-state index in [1.165, 1.54) is 6.20 Å². The number of carbonyl (C=O) groups excluding carboxylic acids is 1. The van der Waals surface area contributed by atoms with Crippen LogP contribution < -0.4 is 5.32 Å². The first-order valence-electron chi connectivity index (χ1n) is 6.08. The summed E-state index contributed by atoms with van der Waals surface area (Å²) < 4.78 is 1.65. The van der Waals surface area contributed by atoms with Crippen LogP contribution in [0.1, 0.15) is 24.3 Å². The number of aromatic nitrogens is 2. The molecule has 4 heteroatoms. The first-order chi connectivity index (χ1) is 9.19. The van der Waals surface area contributed by atoms with Crippen LogP contribution in [0.5, 0.6) is 0 Å². The summed E-state index contributed by atoms with van der Waals surface area (Å²) in [7, 11) is 1.76. The Kier molecular flexibility index (Phi) is 8.45. The molecule has 1 heterocycles. The Bertz CT molecular complexity index is 481. The smallest absolute Gasteiger partial charge is 0.273 e. The Labute approximate surface area is 114 Å². The fourth-order valence-corrected chi connectivity index (χ4v) is 1.21. The molecule has 1 aromatic heterocycles. The molecule has 1 amide bonds. The molecule has 1 N–H and O–H groups in total. The lowest BCUT2D eigenvalue weighted by Gasteiger charge is -2.05. The number of aryl methyl sites for hydroxylation is 1. The highest BCUT2D eigenvalue weighted by atomic mass is 16.2. The van der Waals surface area contributed by atoms with Gasteiger partial charge in [-0.3, -0.25) is 4.79 Å². The monoisotopic (exact) mass is 259 g/mol. The van der Waals surface area contributed by atoms with Crippen LogP contribution in [0.3, 0.4) is 0 Å². The zero-order chi connectivity index (χ0) is 14.7. The van der Waals surface area contributed by atoms with Crippen molar-refractivity contribution in [3.63, 3.8) is 0 Å². The third-order valence-electron chi connectivity index (χ3n) is 2.02. The van der Waals surface area contributed by atoms with Gasteiger partial charge in [-0.2, -0.15) is 0 Å². The molecule has 0 atom stereocenters. The summed E-state index contributed by atoms with van der Waals surface area (Å²) in [6.07, 6.45) is 11.5. The molecule has 0 spiro atoms. The maximum absolute atomic E-state index is 11.9. The largest absolute Gasteiger partial charge is 0.330 e. The number of rotatable bonds is 5. The molecular formula is C15H21N3O. The van der Waals surface area contributed by atoms with Crippen molar-refractivity contribution in [1.29, 1.82) is 0 Å². The van der Waals surface area contributed by atoms with Crippen molar-refractivity contribution in [2.45, 2.75) is 13.8 Å². The summed E-state index contributed by atoms with van der Waals surface area (Å²) in [5.74, 6) is -0.216. The van der Waals surface area contributed by atoms with Crippen LogP contribution in [0, 0.1) is 0 Å². The Hall–Kier alpha value is -2.36. The van der Waals surface area contributed by atoms with Gasteiger partial charge in [0, 0.05) is 12.7 Å². The van der Waals surface area contributed by atoms with Crippen LogP contribution in [0.15, 0.2) is 61.8 Å². The van der Waals surface area contributed by atoms with Gasteiger partial charge in [-0.25, -0.2) is 4.98 Å². The average molecular weight is 259 g/mol. The molecule has 102 valence electrons. The maximum atomic E-state index is 11.9. The average Bonchev–Trinajstić information content (AvgIpc) is 2.85. The van der Waals surface area contributed by atoms with E-state index in [-0.39, 0.29) is 5.91 Å². The molecule has 1 rings (SSSR count). The predicted molar refractivity (Wildman–Crippen MR) is 79.6 cm³/mol. The van der Waals surface area contributed by atoms with Crippen LogP contribution >= 0.6 is 0 Å². The Morgan fingerprint density at radius 2 is 2.05 bits per heavy atom. The molecule has 0 aliphatic rings. The van der Waals surface area contributed by atoms with Gasteiger partial charge in [0.25, 0.3) is 5.91 Å². The second kappa shape index (κ2) is 9.65. The lowest BCUT2D eigenvalue weighted by molar-refractivity contribution is 0.0959. The number of nitrogens with one attached hydrogen (secondary N) is 1. The highest BCUT2D eigenvalue weighted by Gasteiger charge is 2.09. The number of carbonyl (C=O) groups is 1. The zero-order valence-electron chi connectivity index (χ0n) is 11.8. The number of amides is 1. The quantitative estimate of drug-likeness (QED) is 0.826. The van der Waals surface area contributed by atoms with Crippen molar-refractivity contribution in [2.24, 2.45) is 7.05 Å². The van der Waals surface area contributed by atoms with E-state index in [9.17, 15) is 4.79 Å². The van der Waals surface area contributed by atoms with E-state index in [4.69, 9.17) is 0 Å². The van der Waals surface area contributed by atoms with Crippen molar-refractivity contribution in [3.8, 4) is 0 Å². The highest BCUT2D eigenvalue weighted by Crippen LogP contribution is 2.00. The predicted octanol–water partition coefficient (Wildman–Crippen LogP) is 2.99. The van der Waals surface area contributed by atoms with Gasteiger partial charge in [-0.15, -0.1) is 0 Å². The van der Waals surface area contributed by atoms with Gasteiger partial charge in [0.1, 0.15) is 5.69 Å². The lowest BCUT2D eigenvalue weighted by Crippen LogP contribution is -2.23. The van der Waals surface area contributed by atoms with Crippen LogP contribution in [-0.2, 0) is 7.05 Å². The van der Waals surface area contributed by atoms with Crippen molar-refractivity contribution in [1.82, 2.24) is 14.9 Å². The van der Waals surface area contributed by atoms with Crippen LogP contribution in [0.4, 0.5) is 0 Å². The van der Waals surface area contributed by atoms with Crippen molar-refractivity contribution < 1.29 is 4.79 Å². The number of allylic oxidation sites excluding steroid dienone is 5. The molecular weight excluding hydrogens is 238 g/mol. The van der Waals surface area contributed by atoms with Crippen molar-refractivity contribution in [3.05, 3.63) is 67.5 Å². The normalized spacial score (nSPS) is 10.6. The van der Waals surface area contributed by atoms with Crippen LogP contribution in [0.2, 0.25) is 0 Å². The minimum atomic E-state index is -0.216. The van der Waals surface area contributed by atoms with E-state index >= 15 is 0 Å². The first kappa shape index (κ1) is 16.6. The molecule has 4 nitrogen and oxygen atoms in total. The number of nitrogens with zero attached hydrogens (tertiary/aromatic N) is 2. The van der Waals surface area contributed by atoms with Crippen LogP contribution in [0.25, 0.3) is 0 Å². The summed E-state index contributed by atoms with van der Waals surface area (Å²) in [5, 5.41) is 2.75. The van der Waals surface area contributed by atoms with Crippen LogP contribution in [-0.4, -0.2) is 15.5 Å². The second-order valence-electron chi connectivity index (χ2n) is 3.30. The fourth-order valence-electron chi connectivity index (χ4n) is 1.21. The molecule has 0 aromatic carbocycles. The Morgan fingerprint density at radius 3 is 2.53 bits per heavy atom. The number of hydrogen-bond acceptors (Lipinski definition) is 2. The first-order valence-corrected chi connectivity index (χ1v) is 6.08. The SMILES string of the molecule is C=C/C=C\C(=C/C=C)NC(=O)c1cncn1C.CC. The lowest BCUT2D eigenvalue weighted by atomic mass is 10.3. The minimum absolute atomic E-state index is 0.216. The van der Waals surface area contributed by atoms with Crippen molar-refractivity contribution in [2.75, 3.05) is 0 Å². The fraction of sp³-hybridized carbons (Fsp3) is 0.200. The van der Waals surface area contributed by atoms with E-state index in [1.807, 2.05) is 13.8 Å². The summed E-state index contributed by atoms with van der Waals surface area (Å²) in [5.41, 5.74) is 1.14. The number of imidazole rings is 1. The standard InChI is InChI=1S/C13H15N3O.C2H6/c1-4-6-8-11(7-5-2)15-13(17)12-9-14-10-16(12)3;1-2/h4-10H,1-2H2,3H3,(H,15,17);1-2H3/b8-6-,11-7+;. The summed E-state index contributed by atoms with van der Waals surface area (Å²) in [4.78, 5) is 15.8. The molecule has 1 aromatic rings. The second-order valence-corrected chi connectivity index (χ2v) is 3.30. The van der Waals surface area contributed by atoms with E-state index < -0.39 is 0 Å². The third kappa shape index (κ3) is 5.68. The summed E-state index contributed by atoms with van der Waals surface area (Å²) in [6, 6.07) is 0. The molecule has 0 aliphatic heterocycles. The molecule has 0 aliphatic carbocycles. The number of hydrogen-bond donors (Lipinski definition) is 1. The van der Waals surface area contributed by atoms with Gasteiger partial charge in [0.05, 0.1) is 12.5 Å². The summed E-state index contributed by atoms with van der Waals surface area (Å²) >= 11 is 0. The Balaban J connectivity index is 0.00000154. The molecule has 19 heavy (non-hydrogen) atoms. The van der Waals surface area contributed by atoms with E-state index in [0.29, 0.717) is 11.4 Å². The molecule has 0 unspecified atom stereocenters. The molecule has 0 saturated carbocycles. The molecule has 0 saturated heterocycles. The van der Waals surface area contributed by atoms with Gasteiger partial charge in [0.15, 0.2) is 0 Å². The highest BCUT2D eigenvalue weighted by molar-refractivity contribution is 5.93. The van der Waals surface area contributed by atoms with E-state index in [1.54, 1.807) is 48.3 Å². The summed E-state index contributed by atoms with van der Waals surface area (Å²) in [6.45, 7) is 11.2. The molecule has 0 fully saturated rings. The molecule has 0 bridgehead atoms. The van der Waals surface area contributed by atoms with Gasteiger partial charge < -0.3 is 9.88 Å². The van der Waals surface area contributed by atoms with Gasteiger partial charge >= 0.3 is 0 Å². The van der Waals surface area contributed by atoms with Gasteiger partial charge in [-0.1, -0.05) is 45.2 Å². The topological polar surface area (TPSA) is 46.9 Å². The third-order valence-corrected chi connectivity index (χ3v) is 2.02. The van der Waals surface area contributed by atoms with E-state index in [0.717, 1.165) is 0 Å². The zero-order valence-corrected chi connectivity index (χ0v) is 11.8.